The molecular weight excluding hydrogens is 232 g/mol. The summed E-state index contributed by atoms with van der Waals surface area (Å²) in [4.78, 5) is 11.5. The van der Waals surface area contributed by atoms with Crippen molar-refractivity contribution in [2.24, 2.45) is 0 Å². The summed E-state index contributed by atoms with van der Waals surface area (Å²) >= 11 is 0. The average molecular weight is 252 g/mol. The van der Waals surface area contributed by atoms with Crippen molar-refractivity contribution in [3.8, 4) is 0 Å². The van der Waals surface area contributed by atoms with Gasteiger partial charge in [0, 0.05) is 27.3 Å². The van der Waals surface area contributed by atoms with Crippen molar-refractivity contribution in [3.63, 3.8) is 0 Å². The molecular formula is C13H20N2O3. The molecule has 2 N–H and O–H groups in total. The van der Waals surface area contributed by atoms with Crippen molar-refractivity contribution in [2.75, 3.05) is 27.4 Å². The van der Waals surface area contributed by atoms with E-state index in [0.29, 0.717) is 26.3 Å². The van der Waals surface area contributed by atoms with Gasteiger partial charge in [-0.1, -0.05) is 24.3 Å². The van der Waals surface area contributed by atoms with Gasteiger partial charge in [0.2, 0.25) is 0 Å². The lowest BCUT2D eigenvalue weighted by Crippen LogP contribution is -2.36. The number of methoxy groups -OCH3 is 2. The number of hydrogen-bond donors (Lipinski definition) is 2. The van der Waals surface area contributed by atoms with E-state index in [1.807, 2.05) is 24.3 Å². The predicted molar refractivity (Wildman–Crippen MR) is 69.3 cm³/mol. The SMILES string of the molecule is COCCNC(=O)NCc1ccccc1COC. The van der Waals surface area contributed by atoms with E-state index < -0.39 is 0 Å². The van der Waals surface area contributed by atoms with Crippen LogP contribution in [0.2, 0.25) is 0 Å². The maximum absolute atomic E-state index is 11.5. The molecule has 5 nitrogen and oxygen atoms in total. The third kappa shape index (κ3) is 5.16. The van der Waals surface area contributed by atoms with Crippen LogP contribution in [0.15, 0.2) is 24.3 Å². The second-order valence-corrected chi connectivity index (χ2v) is 3.80. The summed E-state index contributed by atoms with van der Waals surface area (Å²) in [5, 5.41) is 5.49. The van der Waals surface area contributed by atoms with Crippen LogP contribution in [0.3, 0.4) is 0 Å². The molecule has 0 unspecified atom stereocenters. The summed E-state index contributed by atoms with van der Waals surface area (Å²) in [6.45, 7) is 2.04. The maximum atomic E-state index is 11.5. The highest BCUT2D eigenvalue weighted by Crippen LogP contribution is 2.09. The first-order valence-corrected chi connectivity index (χ1v) is 5.84. The molecule has 0 aliphatic carbocycles. The average Bonchev–Trinajstić information content (AvgIpc) is 2.38. The zero-order chi connectivity index (χ0) is 13.2. The number of benzene rings is 1. The minimum atomic E-state index is -0.195. The zero-order valence-corrected chi connectivity index (χ0v) is 10.9. The van der Waals surface area contributed by atoms with E-state index in [2.05, 4.69) is 10.6 Å². The van der Waals surface area contributed by atoms with E-state index in [4.69, 9.17) is 9.47 Å². The summed E-state index contributed by atoms with van der Waals surface area (Å²) in [5.74, 6) is 0. The Balaban J connectivity index is 2.40. The standard InChI is InChI=1S/C13H20N2O3/c1-17-8-7-14-13(16)15-9-11-5-3-4-6-12(11)10-18-2/h3-6H,7-10H2,1-2H3,(H2,14,15,16). The molecule has 1 aromatic rings. The Morgan fingerprint density at radius 3 is 2.50 bits per heavy atom. The second kappa shape index (κ2) is 8.49. The monoisotopic (exact) mass is 252 g/mol. The number of nitrogens with one attached hydrogen (secondary N) is 2. The fourth-order valence-corrected chi connectivity index (χ4v) is 1.53. The Hall–Kier alpha value is -1.59. The molecule has 0 atom stereocenters. The summed E-state index contributed by atoms with van der Waals surface area (Å²) in [5.41, 5.74) is 2.14. The maximum Gasteiger partial charge on any atom is 0.315 e. The smallest absolute Gasteiger partial charge is 0.315 e. The van der Waals surface area contributed by atoms with E-state index in [1.165, 1.54) is 0 Å². The summed E-state index contributed by atoms with van der Waals surface area (Å²) in [6.07, 6.45) is 0. The van der Waals surface area contributed by atoms with Crippen LogP contribution >= 0.6 is 0 Å². The third-order valence-corrected chi connectivity index (χ3v) is 2.45. The van der Waals surface area contributed by atoms with Gasteiger partial charge in [-0.2, -0.15) is 0 Å². The van der Waals surface area contributed by atoms with Crippen LogP contribution in [0, 0.1) is 0 Å². The Morgan fingerprint density at radius 2 is 1.83 bits per heavy atom. The molecule has 0 aliphatic heterocycles. The van der Waals surface area contributed by atoms with Crippen LogP contribution < -0.4 is 10.6 Å². The van der Waals surface area contributed by atoms with E-state index >= 15 is 0 Å². The zero-order valence-electron chi connectivity index (χ0n) is 10.9. The van der Waals surface area contributed by atoms with Crippen molar-refractivity contribution in [1.82, 2.24) is 10.6 Å². The fraction of sp³-hybridized carbons (Fsp3) is 0.462. The van der Waals surface area contributed by atoms with Crippen molar-refractivity contribution >= 4 is 6.03 Å². The van der Waals surface area contributed by atoms with Gasteiger partial charge in [-0.05, 0) is 11.1 Å². The van der Waals surface area contributed by atoms with Crippen LogP contribution in [-0.4, -0.2) is 33.4 Å². The number of rotatable bonds is 7. The highest BCUT2D eigenvalue weighted by Gasteiger charge is 2.03. The van der Waals surface area contributed by atoms with Crippen LogP contribution in [0.5, 0.6) is 0 Å². The number of carbonyl (C=O) groups excluding carboxylic acids is 1. The first-order chi connectivity index (χ1) is 8.77. The molecule has 0 fully saturated rings. The van der Waals surface area contributed by atoms with Gasteiger partial charge >= 0.3 is 6.03 Å². The minimum Gasteiger partial charge on any atom is -0.383 e. The molecule has 0 aromatic heterocycles. The lowest BCUT2D eigenvalue weighted by molar-refractivity contribution is 0.184. The van der Waals surface area contributed by atoms with Crippen LogP contribution in [0.1, 0.15) is 11.1 Å². The van der Waals surface area contributed by atoms with Crippen LogP contribution in [0.4, 0.5) is 4.79 Å². The normalized spacial score (nSPS) is 10.1. The van der Waals surface area contributed by atoms with Gasteiger partial charge in [-0.25, -0.2) is 4.79 Å². The molecule has 100 valence electrons. The second-order valence-electron chi connectivity index (χ2n) is 3.80. The number of urea groups is 1. The fourth-order valence-electron chi connectivity index (χ4n) is 1.53. The number of ether oxygens (including phenoxy) is 2. The van der Waals surface area contributed by atoms with Crippen LogP contribution in [-0.2, 0) is 22.6 Å². The van der Waals surface area contributed by atoms with Gasteiger partial charge in [-0.3, -0.25) is 0 Å². The van der Waals surface area contributed by atoms with Crippen molar-refractivity contribution in [3.05, 3.63) is 35.4 Å². The molecule has 5 heteroatoms. The Labute approximate surface area is 107 Å². The van der Waals surface area contributed by atoms with Gasteiger partial charge in [0.15, 0.2) is 0 Å². The molecule has 0 heterocycles. The number of amides is 2. The summed E-state index contributed by atoms with van der Waals surface area (Å²) in [6, 6.07) is 7.67. The molecule has 1 aromatic carbocycles. The van der Waals surface area contributed by atoms with Gasteiger partial charge in [0.25, 0.3) is 0 Å². The van der Waals surface area contributed by atoms with Gasteiger partial charge in [0.05, 0.1) is 13.2 Å². The van der Waals surface area contributed by atoms with Gasteiger partial charge in [0.1, 0.15) is 0 Å². The molecule has 2 amide bonds. The topological polar surface area (TPSA) is 59.6 Å². The lowest BCUT2D eigenvalue weighted by atomic mass is 10.1. The Morgan fingerprint density at radius 1 is 1.11 bits per heavy atom. The Kier molecular flexibility index (Phi) is 6.83. The summed E-state index contributed by atoms with van der Waals surface area (Å²) in [7, 11) is 3.25. The summed E-state index contributed by atoms with van der Waals surface area (Å²) < 4.78 is 9.96. The van der Waals surface area contributed by atoms with Crippen molar-refractivity contribution < 1.29 is 14.3 Å². The van der Waals surface area contributed by atoms with E-state index in [9.17, 15) is 4.79 Å². The molecule has 1 rings (SSSR count). The third-order valence-electron chi connectivity index (χ3n) is 2.45. The van der Waals surface area contributed by atoms with Gasteiger partial charge in [-0.15, -0.1) is 0 Å². The molecule has 0 radical (unpaired) electrons. The largest absolute Gasteiger partial charge is 0.383 e. The van der Waals surface area contributed by atoms with Gasteiger partial charge < -0.3 is 20.1 Å². The highest BCUT2D eigenvalue weighted by molar-refractivity contribution is 5.73. The molecule has 0 bridgehead atoms. The molecule has 18 heavy (non-hydrogen) atoms. The first-order valence-electron chi connectivity index (χ1n) is 5.84. The Bertz CT molecular complexity index is 369. The molecule has 0 spiro atoms. The molecule has 0 saturated heterocycles. The van der Waals surface area contributed by atoms with Crippen LogP contribution in [0.25, 0.3) is 0 Å². The lowest BCUT2D eigenvalue weighted by Gasteiger charge is -2.10. The number of hydrogen-bond acceptors (Lipinski definition) is 3. The quantitative estimate of drug-likeness (QED) is 0.719. The molecule has 0 aliphatic rings. The van der Waals surface area contributed by atoms with E-state index in [0.717, 1.165) is 11.1 Å². The van der Waals surface area contributed by atoms with E-state index in [-0.39, 0.29) is 6.03 Å². The predicted octanol–water partition coefficient (Wildman–Crippen LogP) is 1.28. The number of carbonyl (C=O) groups is 1. The van der Waals surface area contributed by atoms with Crippen molar-refractivity contribution in [1.29, 1.82) is 0 Å². The van der Waals surface area contributed by atoms with E-state index in [1.54, 1.807) is 14.2 Å². The van der Waals surface area contributed by atoms with Crippen molar-refractivity contribution in [2.45, 2.75) is 13.2 Å². The molecule has 0 saturated carbocycles. The minimum absolute atomic E-state index is 0.195. The first kappa shape index (κ1) is 14.5. The highest BCUT2D eigenvalue weighted by atomic mass is 16.5.